The smallest absolute Gasteiger partial charge is 0.243 e. The predicted molar refractivity (Wildman–Crippen MR) is 158 cm³/mol. The maximum absolute atomic E-state index is 13.8. The molecule has 0 spiro atoms. The summed E-state index contributed by atoms with van der Waals surface area (Å²) < 4.78 is 0. The summed E-state index contributed by atoms with van der Waals surface area (Å²) in [5.41, 5.74) is 4.40. The van der Waals surface area contributed by atoms with Crippen LogP contribution in [0.5, 0.6) is 0 Å². The topological polar surface area (TPSA) is 49.4 Å². The zero-order chi connectivity index (χ0) is 26.7. The Morgan fingerprint density at radius 3 is 2.34 bits per heavy atom. The number of rotatable bonds is 11. The number of carbonyl (C=O) groups is 2. The van der Waals surface area contributed by atoms with Crippen molar-refractivity contribution < 1.29 is 9.59 Å². The van der Waals surface area contributed by atoms with Gasteiger partial charge in [0.05, 0.1) is 5.75 Å². The third-order valence-electron chi connectivity index (χ3n) is 7.07. The van der Waals surface area contributed by atoms with Gasteiger partial charge in [0, 0.05) is 29.8 Å². The first-order valence-corrected chi connectivity index (χ1v) is 15.0. The number of benzene rings is 3. The van der Waals surface area contributed by atoms with Crippen LogP contribution in [0.25, 0.3) is 0 Å². The van der Waals surface area contributed by atoms with E-state index in [1.807, 2.05) is 60.7 Å². The van der Waals surface area contributed by atoms with Gasteiger partial charge in [-0.05, 0) is 48.6 Å². The number of hydrogen-bond donors (Lipinski definition) is 1. The van der Waals surface area contributed by atoms with Crippen LogP contribution in [0.15, 0.2) is 78.9 Å². The second kappa shape index (κ2) is 14.4. The number of hydrogen-bond acceptors (Lipinski definition) is 3. The van der Waals surface area contributed by atoms with Crippen molar-refractivity contribution in [3.05, 3.63) is 106 Å². The summed E-state index contributed by atoms with van der Waals surface area (Å²) in [6, 6.07) is 25.5. The molecule has 1 fully saturated rings. The molecule has 3 aromatic rings. The zero-order valence-electron chi connectivity index (χ0n) is 22.1. The van der Waals surface area contributed by atoms with Gasteiger partial charge in [-0.2, -0.15) is 0 Å². The second-order valence-electron chi connectivity index (χ2n) is 10.2. The lowest BCUT2D eigenvalue weighted by molar-refractivity contribution is -0.139. The fourth-order valence-corrected chi connectivity index (χ4v) is 6.01. The molecule has 3 aromatic carbocycles. The van der Waals surface area contributed by atoms with E-state index < -0.39 is 6.04 Å². The molecule has 4 nitrogen and oxygen atoms in total. The van der Waals surface area contributed by atoms with E-state index >= 15 is 0 Å². The molecule has 1 aliphatic rings. The highest BCUT2D eigenvalue weighted by Gasteiger charge is 2.31. The standard InChI is InChI=1S/C32H37ClN2O2S/c1-24-9-8-12-27(19-24)22-38-23-31(36)35(21-26-15-17-28(33)18-16-26)30(20-25-10-4-2-5-11-25)32(37)34-29-13-6-3-7-14-29/h2,4-5,8-12,15-19,29-30H,3,6-7,13-14,20-23H2,1H3,(H,34,37)/t30-/m0/s1. The lowest BCUT2D eigenvalue weighted by Crippen LogP contribution is -2.53. The van der Waals surface area contributed by atoms with Gasteiger partial charge < -0.3 is 10.2 Å². The molecule has 0 saturated heterocycles. The Morgan fingerprint density at radius 1 is 0.921 bits per heavy atom. The SMILES string of the molecule is Cc1cccc(CSCC(=O)N(Cc2ccc(Cl)cc2)[C@@H](Cc2ccccc2)C(=O)NC2CCCCC2)c1. The van der Waals surface area contributed by atoms with Crippen LogP contribution < -0.4 is 5.32 Å². The molecule has 1 aliphatic carbocycles. The molecule has 1 N–H and O–H groups in total. The van der Waals surface area contributed by atoms with E-state index in [0.29, 0.717) is 23.7 Å². The van der Waals surface area contributed by atoms with Crippen LogP contribution in [0.2, 0.25) is 5.02 Å². The van der Waals surface area contributed by atoms with Gasteiger partial charge in [0.2, 0.25) is 11.8 Å². The first-order chi connectivity index (χ1) is 18.5. The van der Waals surface area contributed by atoms with Crippen molar-refractivity contribution in [2.24, 2.45) is 0 Å². The molecule has 1 saturated carbocycles. The molecule has 0 unspecified atom stereocenters. The van der Waals surface area contributed by atoms with Crippen molar-refractivity contribution in [1.82, 2.24) is 10.2 Å². The van der Waals surface area contributed by atoms with Crippen molar-refractivity contribution >= 4 is 35.2 Å². The summed E-state index contributed by atoms with van der Waals surface area (Å²) in [6.07, 6.45) is 5.97. The Balaban J connectivity index is 1.56. The number of amides is 2. The van der Waals surface area contributed by atoms with Crippen molar-refractivity contribution in [1.29, 1.82) is 0 Å². The van der Waals surface area contributed by atoms with Gasteiger partial charge in [0.1, 0.15) is 6.04 Å². The number of halogens is 1. The van der Waals surface area contributed by atoms with E-state index in [2.05, 4.69) is 30.4 Å². The summed E-state index contributed by atoms with van der Waals surface area (Å²) in [5.74, 6) is 0.965. The number of carbonyl (C=O) groups excluding carboxylic acids is 2. The van der Waals surface area contributed by atoms with Crippen molar-refractivity contribution in [2.75, 3.05) is 5.75 Å². The van der Waals surface area contributed by atoms with Crippen molar-refractivity contribution in [3.8, 4) is 0 Å². The highest BCUT2D eigenvalue weighted by Crippen LogP contribution is 2.22. The molecular formula is C32H37ClN2O2S. The Hall–Kier alpha value is -2.76. The van der Waals surface area contributed by atoms with Crippen LogP contribution in [-0.2, 0) is 28.3 Å². The fourth-order valence-electron chi connectivity index (χ4n) is 5.03. The maximum atomic E-state index is 13.8. The van der Waals surface area contributed by atoms with Crippen LogP contribution in [0.3, 0.4) is 0 Å². The third kappa shape index (κ3) is 8.64. The number of nitrogens with one attached hydrogen (secondary N) is 1. The number of aryl methyl sites for hydroxylation is 1. The monoisotopic (exact) mass is 548 g/mol. The lowest BCUT2D eigenvalue weighted by atomic mass is 9.94. The lowest BCUT2D eigenvalue weighted by Gasteiger charge is -2.33. The average Bonchev–Trinajstić information content (AvgIpc) is 2.93. The van der Waals surface area contributed by atoms with Gasteiger partial charge in [-0.25, -0.2) is 0 Å². The third-order valence-corrected chi connectivity index (χ3v) is 8.31. The molecular weight excluding hydrogens is 512 g/mol. The summed E-state index contributed by atoms with van der Waals surface area (Å²) >= 11 is 7.72. The van der Waals surface area contributed by atoms with Gasteiger partial charge in [-0.1, -0.05) is 103 Å². The molecule has 0 bridgehead atoms. The zero-order valence-corrected chi connectivity index (χ0v) is 23.6. The normalized spacial score (nSPS) is 14.6. The summed E-state index contributed by atoms with van der Waals surface area (Å²) in [5, 5.41) is 3.95. The minimum atomic E-state index is -0.595. The Morgan fingerprint density at radius 2 is 1.63 bits per heavy atom. The van der Waals surface area contributed by atoms with E-state index in [-0.39, 0.29) is 17.9 Å². The predicted octanol–water partition coefficient (Wildman–Crippen LogP) is 6.97. The van der Waals surface area contributed by atoms with Gasteiger partial charge in [-0.15, -0.1) is 11.8 Å². The molecule has 6 heteroatoms. The molecule has 38 heavy (non-hydrogen) atoms. The molecule has 2 amide bonds. The fraction of sp³-hybridized carbons (Fsp3) is 0.375. The molecule has 200 valence electrons. The maximum Gasteiger partial charge on any atom is 0.243 e. The van der Waals surface area contributed by atoms with Crippen LogP contribution in [0.4, 0.5) is 0 Å². The molecule has 1 atom stereocenters. The van der Waals surface area contributed by atoms with Gasteiger partial charge in [-0.3, -0.25) is 9.59 Å². The summed E-state index contributed by atoms with van der Waals surface area (Å²) in [7, 11) is 0. The van der Waals surface area contributed by atoms with E-state index in [9.17, 15) is 9.59 Å². The molecule has 0 aliphatic heterocycles. The summed E-state index contributed by atoms with van der Waals surface area (Å²) in [4.78, 5) is 29.4. The molecule has 0 radical (unpaired) electrons. The minimum absolute atomic E-state index is 0.0303. The molecule has 0 aromatic heterocycles. The van der Waals surface area contributed by atoms with Crippen LogP contribution in [-0.4, -0.2) is 34.6 Å². The Bertz CT molecular complexity index is 1180. The van der Waals surface area contributed by atoms with Crippen LogP contribution in [0.1, 0.15) is 54.4 Å². The Labute approximate surface area is 236 Å². The summed E-state index contributed by atoms with van der Waals surface area (Å²) in [6.45, 7) is 2.43. The number of thioether (sulfide) groups is 1. The first-order valence-electron chi connectivity index (χ1n) is 13.5. The van der Waals surface area contributed by atoms with Gasteiger partial charge in [0.15, 0.2) is 0 Å². The van der Waals surface area contributed by atoms with E-state index in [4.69, 9.17) is 11.6 Å². The van der Waals surface area contributed by atoms with E-state index in [1.165, 1.54) is 17.5 Å². The minimum Gasteiger partial charge on any atom is -0.352 e. The van der Waals surface area contributed by atoms with Crippen molar-refractivity contribution in [3.63, 3.8) is 0 Å². The first kappa shape index (κ1) is 28.3. The Kier molecular flexibility index (Phi) is 10.7. The van der Waals surface area contributed by atoms with Gasteiger partial charge >= 0.3 is 0 Å². The van der Waals surface area contributed by atoms with Crippen LogP contribution in [0, 0.1) is 6.92 Å². The molecule has 0 heterocycles. The highest BCUT2D eigenvalue weighted by molar-refractivity contribution is 7.99. The largest absolute Gasteiger partial charge is 0.352 e. The quantitative estimate of drug-likeness (QED) is 0.281. The van der Waals surface area contributed by atoms with E-state index in [1.54, 1.807) is 16.7 Å². The van der Waals surface area contributed by atoms with E-state index in [0.717, 1.165) is 42.6 Å². The van der Waals surface area contributed by atoms with Crippen molar-refractivity contribution in [2.45, 2.75) is 69.8 Å². The van der Waals surface area contributed by atoms with Gasteiger partial charge in [0.25, 0.3) is 0 Å². The second-order valence-corrected chi connectivity index (χ2v) is 11.6. The average molecular weight is 549 g/mol. The number of nitrogens with zero attached hydrogens (tertiary/aromatic N) is 1. The highest BCUT2D eigenvalue weighted by atomic mass is 35.5. The molecule has 4 rings (SSSR count). The van der Waals surface area contributed by atoms with Crippen LogP contribution >= 0.6 is 23.4 Å².